The molecule has 2 atom stereocenters. The fourth-order valence-electron chi connectivity index (χ4n) is 3.58. The third-order valence-electron chi connectivity index (χ3n) is 4.99. The lowest BCUT2D eigenvalue weighted by Gasteiger charge is -2.26. The molecule has 2 amide bonds. The van der Waals surface area contributed by atoms with Gasteiger partial charge in [-0.2, -0.15) is 0 Å². The first-order chi connectivity index (χ1) is 14.1. The monoisotopic (exact) mass is 409 g/mol. The molecule has 1 aromatic heterocycles. The number of amides is 2. The normalized spacial score (nSPS) is 17.3. The third kappa shape index (κ3) is 4.40. The van der Waals surface area contributed by atoms with E-state index in [0.717, 1.165) is 28.1 Å². The summed E-state index contributed by atoms with van der Waals surface area (Å²) in [4.78, 5) is 31.8. The maximum atomic E-state index is 13.0. The molecule has 6 nitrogen and oxygen atoms in total. The summed E-state index contributed by atoms with van der Waals surface area (Å²) in [7, 11) is 0. The van der Waals surface area contributed by atoms with Crippen molar-refractivity contribution in [3.05, 3.63) is 59.6 Å². The molecule has 0 aliphatic carbocycles. The van der Waals surface area contributed by atoms with E-state index >= 15 is 0 Å². The summed E-state index contributed by atoms with van der Waals surface area (Å²) in [6.07, 6.45) is 1.83. The fourth-order valence-corrected chi connectivity index (χ4v) is 4.69. The first-order valence-electron chi connectivity index (χ1n) is 9.75. The van der Waals surface area contributed by atoms with Crippen LogP contribution in [0.4, 0.5) is 0 Å². The molecule has 2 aromatic carbocycles. The Bertz CT molecular complexity index is 972. The van der Waals surface area contributed by atoms with E-state index in [1.165, 1.54) is 0 Å². The van der Waals surface area contributed by atoms with Gasteiger partial charge in [0, 0.05) is 6.54 Å². The summed E-state index contributed by atoms with van der Waals surface area (Å²) in [5.74, 6) is 0.224. The lowest BCUT2D eigenvalue weighted by atomic mass is 10.2. The molecule has 0 bridgehead atoms. The van der Waals surface area contributed by atoms with Crippen molar-refractivity contribution in [1.29, 1.82) is 0 Å². The Morgan fingerprint density at radius 2 is 1.97 bits per heavy atom. The second-order valence-corrected chi connectivity index (χ2v) is 8.16. The molecule has 7 heteroatoms. The minimum atomic E-state index is -0.614. The predicted octanol–water partition coefficient (Wildman–Crippen LogP) is 3.54. The number of hydrogen-bond donors (Lipinski definition) is 1. The molecule has 0 saturated carbocycles. The number of carbonyl (C=O) groups excluding carboxylic acids is 2. The number of para-hydroxylation sites is 2. The van der Waals surface area contributed by atoms with Crippen LogP contribution < -0.4 is 10.1 Å². The van der Waals surface area contributed by atoms with Gasteiger partial charge in [-0.1, -0.05) is 30.3 Å². The highest BCUT2D eigenvalue weighted by molar-refractivity contribution is 7.18. The van der Waals surface area contributed by atoms with Crippen molar-refractivity contribution in [2.45, 2.75) is 31.8 Å². The highest BCUT2D eigenvalue weighted by Gasteiger charge is 2.34. The maximum absolute atomic E-state index is 13.0. The number of nitrogens with one attached hydrogen (secondary N) is 1. The van der Waals surface area contributed by atoms with Gasteiger partial charge < -0.3 is 15.0 Å². The molecule has 1 saturated heterocycles. The Labute approximate surface area is 173 Å². The van der Waals surface area contributed by atoms with Crippen molar-refractivity contribution in [1.82, 2.24) is 15.2 Å². The molecule has 1 N–H and O–H groups in total. The number of thiazole rings is 1. The molecule has 1 aliphatic heterocycles. The lowest BCUT2D eigenvalue weighted by molar-refractivity contribution is -0.137. The number of fused-ring (bicyclic) bond motifs is 1. The first-order valence-corrected chi connectivity index (χ1v) is 10.6. The zero-order valence-corrected chi connectivity index (χ0v) is 17.0. The molecule has 0 radical (unpaired) electrons. The number of benzene rings is 2. The van der Waals surface area contributed by atoms with Crippen molar-refractivity contribution in [3.63, 3.8) is 0 Å². The summed E-state index contributed by atoms with van der Waals surface area (Å²) in [5, 5.41) is 3.71. The summed E-state index contributed by atoms with van der Waals surface area (Å²) >= 11 is 1.63. The van der Waals surface area contributed by atoms with Gasteiger partial charge in [-0.25, -0.2) is 4.98 Å². The van der Waals surface area contributed by atoms with Crippen molar-refractivity contribution >= 4 is 33.4 Å². The number of nitrogens with zero attached hydrogens (tertiary/aromatic N) is 2. The van der Waals surface area contributed by atoms with E-state index in [4.69, 9.17) is 9.72 Å². The average Bonchev–Trinajstić information content (AvgIpc) is 3.39. The van der Waals surface area contributed by atoms with Crippen LogP contribution in [0.15, 0.2) is 54.6 Å². The predicted molar refractivity (Wildman–Crippen MR) is 113 cm³/mol. The summed E-state index contributed by atoms with van der Waals surface area (Å²) < 4.78 is 6.58. The van der Waals surface area contributed by atoms with Crippen LogP contribution in [0.5, 0.6) is 5.75 Å². The standard InChI is InChI=1S/C22H23N3O3S/c1-15(23-20(26)14-28-16-8-3-2-4-9-16)22(27)25-13-7-11-18(25)21-24-17-10-5-6-12-19(17)29-21/h2-6,8-10,12,15,18H,7,11,13-14H2,1H3,(H,23,26). The van der Waals surface area contributed by atoms with Gasteiger partial charge in [-0.15, -0.1) is 11.3 Å². The first kappa shape index (κ1) is 19.4. The molecule has 150 valence electrons. The minimum absolute atomic E-state index is 0.0279. The van der Waals surface area contributed by atoms with Crippen LogP contribution in [-0.2, 0) is 9.59 Å². The van der Waals surface area contributed by atoms with E-state index in [2.05, 4.69) is 5.32 Å². The van der Waals surface area contributed by atoms with E-state index in [0.29, 0.717) is 12.3 Å². The van der Waals surface area contributed by atoms with E-state index < -0.39 is 6.04 Å². The highest BCUT2D eigenvalue weighted by Crippen LogP contribution is 2.36. The Balaban J connectivity index is 1.37. The summed E-state index contributed by atoms with van der Waals surface area (Å²) in [5.41, 5.74) is 0.964. The lowest BCUT2D eigenvalue weighted by Crippen LogP contribution is -2.47. The molecule has 0 spiro atoms. The molecule has 1 aliphatic rings. The molecule has 2 heterocycles. The van der Waals surface area contributed by atoms with Gasteiger partial charge in [0.2, 0.25) is 5.91 Å². The molecular weight excluding hydrogens is 386 g/mol. The van der Waals surface area contributed by atoms with E-state index in [1.807, 2.05) is 47.4 Å². The molecule has 2 unspecified atom stereocenters. The number of aromatic nitrogens is 1. The average molecular weight is 410 g/mol. The van der Waals surface area contributed by atoms with Crippen molar-refractivity contribution in [3.8, 4) is 5.75 Å². The number of ether oxygens (including phenoxy) is 1. The second-order valence-electron chi connectivity index (χ2n) is 7.10. The Morgan fingerprint density at radius 1 is 1.21 bits per heavy atom. The quantitative estimate of drug-likeness (QED) is 0.676. The molecule has 29 heavy (non-hydrogen) atoms. The van der Waals surface area contributed by atoms with Gasteiger partial charge in [0.15, 0.2) is 6.61 Å². The number of hydrogen-bond acceptors (Lipinski definition) is 5. The van der Waals surface area contributed by atoms with E-state index in [-0.39, 0.29) is 24.5 Å². The molecule has 4 rings (SSSR count). The maximum Gasteiger partial charge on any atom is 0.258 e. The van der Waals surface area contributed by atoms with Crippen LogP contribution in [0.3, 0.4) is 0 Å². The Morgan fingerprint density at radius 3 is 2.76 bits per heavy atom. The summed E-state index contributed by atoms with van der Waals surface area (Å²) in [6, 6.07) is 16.5. The third-order valence-corrected chi connectivity index (χ3v) is 6.13. The molecular formula is C22H23N3O3S. The second kappa shape index (κ2) is 8.61. The molecule has 3 aromatic rings. The zero-order chi connectivity index (χ0) is 20.2. The topological polar surface area (TPSA) is 71.5 Å². The van der Waals surface area contributed by atoms with Crippen LogP contribution in [0, 0.1) is 0 Å². The van der Waals surface area contributed by atoms with Crippen molar-refractivity contribution in [2.75, 3.05) is 13.2 Å². The smallest absolute Gasteiger partial charge is 0.258 e. The van der Waals surface area contributed by atoms with Gasteiger partial charge in [0.1, 0.15) is 16.8 Å². The van der Waals surface area contributed by atoms with Gasteiger partial charge in [0.05, 0.1) is 16.3 Å². The van der Waals surface area contributed by atoms with E-state index in [1.54, 1.807) is 30.4 Å². The number of rotatable bonds is 6. The minimum Gasteiger partial charge on any atom is -0.484 e. The SMILES string of the molecule is CC(NC(=O)COc1ccccc1)C(=O)N1CCCC1c1nc2ccccc2s1. The van der Waals surface area contributed by atoms with Crippen LogP contribution >= 0.6 is 11.3 Å². The van der Waals surface area contributed by atoms with Gasteiger partial charge in [-0.05, 0) is 44.0 Å². The van der Waals surface area contributed by atoms with Crippen molar-refractivity contribution < 1.29 is 14.3 Å². The van der Waals surface area contributed by atoms with E-state index in [9.17, 15) is 9.59 Å². The van der Waals surface area contributed by atoms with Crippen LogP contribution in [0.1, 0.15) is 30.8 Å². The largest absolute Gasteiger partial charge is 0.484 e. The Kier molecular flexibility index (Phi) is 5.76. The van der Waals surface area contributed by atoms with Crippen LogP contribution in [0.2, 0.25) is 0 Å². The number of likely N-dealkylation sites (tertiary alicyclic amines) is 1. The zero-order valence-electron chi connectivity index (χ0n) is 16.2. The number of carbonyl (C=O) groups is 2. The van der Waals surface area contributed by atoms with Crippen LogP contribution in [-0.4, -0.2) is 40.9 Å². The Hall–Kier alpha value is -2.93. The van der Waals surface area contributed by atoms with Crippen molar-refractivity contribution in [2.24, 2.45) is 0 Å². The van der Waals surface area contributed by atoms with Gasteiger partial charge in [-0.3, -0.25) is 9.59 Å². The van der Waals surface area contributed by atoms with Crippen LogP contribution in [0.25, 0.3) is 10.2 Å². The fraction of sp³-hybridized carbons (Fsp3) is 0.318. The van der Waals surface area contributed by atoms with Gasteiger partial charge in [0.25, 0.3) is 5.91 Å². The molecule has 1 fully saturated rings. The summed E-state index contributed by atoms with van der Waals surface area (Å²) in [6.45, 7) is 2.28. The highest BCUT2D eigenvalue weighted by atomic mass is 32.1. The van der Waals surface area contributed by atoms with Gasteiger partial charge >= 0.3 is 0 Å².